The molecule has 0 bridgehead atoms. The molecule has 1 aromatic rings. The Bertz CT molecular complexity index is 533. The fraction of sp³-hybridized carbons (Fsp3) is 0.529. The molecule has 1 saturated heterocycles. The Morgan fingerprint density at radius 2 is 1.88 bits per heavy atom. The number of hydrogen-bond donors (Lipinski definition) is 2. The van der Waals surface area contributed by atoms with Gasteiger partial charge in [0.25, 0.3) is 0 Å². The van der Waals surface area contributed by atoms with E-state index < -0.39 is 6.09 Å². The minimum absolute atomic E-state index is 0.116. The second-order valence-corrected chi connectivity index (χ2v) is 7.09. The Hall–Kier alpha value is -1.73. The van der Waals surface area contributed by atoms with Gasteiger partial charge in [-0.3, -0.25) is 4.79 Å². The molecule has 132 valence electrons. The number of carboxylic acid groups (broad SMARTS) is 1. The van der Waals surface area contributed by atoms with Crippen LogP contribution in [0.2, 0.25) is 0 Å². The van der Waals surface area contributed by atoms with Crippen LogP contribution in [-0.2, 0) is 4.79 Å². The van der Waals surface area contributed by atoms with Crippen molar-refractivity contribution in [2.24, 2.45) is 0 Å². The fourth-order valence-corrected chi connectivity index (χ4v) is 3.59. The van der Waals surface area contributed by atoms with E-state index in [-0.39, 0.29) is 11.9 Å². The quantitative estimate of drug-likeness (QED) is 0.735. The number of piperazine rings is 1. The number of carbonyl (C=O) groups excluding carboxylic acids is 1. The minimum atomic E-state index is -1.04. The van der Waals surface area contributed by atoms with Crippen molar-refractivity contribution in [3.05, 3.63) is 30.3 Å². The Balaban J connectivity index is 1.79. The van der Waals surface area contributed by atoms with Gasteiger partial charge in [-0.2, -0.15) is 0 Å². The maximum atomic E-state index is 12.3. The number of rotatable bonds is 7. The molecule has 2 amide bonds. The van der Waals surface area contributed by atoms with E-state index in [1.807, 2.05) is 35.2 Å². The fourth-order valence-electron chi connectivity index (χ4n) is 2.60. The van der Waals surface area contributed by atoms with Gasteiger partial charge in [-0.25, -0.2) is 4.79 Å². The molecule has 1 aliphatic heterocycles. The van der Waals surface area contributed by atoms with Crippen molar-refractivity contribution >= 4 is 23.8 Å². The van der Waals surface area contributed by atoms with E-state index in [1.165, 1.54) is 0 Å². The molecule has 2 N–H and O–H groups in total. The van der Waals surface area contributed by atoms with Crippen LogP contribution >= 0.6 is 11.8 Å². The Kier molecular flexibility index (Phi) is 7.39. The molecular weight excluding hydrogens is 326 g/mol. The highest BCUT2D eigenvalue weighted by atomic mass is 32.2. The van der Waals surface area contributed by atoms with Gasteiger partial charge in [0.1, 0.15) is 0 Å². The first-order valence-corrected chi connectivity index (χ1v) is 9.17. The van der Waals surface area contributed by atoms with Crippen molar-refractivity contribution in [3.8, 4) is 0 Å². The molecule has 1 atom stereocenters. The summed E-state index contributed by atoms with van der Waals surface area (Å²) in [7, 11) is 2.05. The van der Waals surface area contributed by atoms with Crippen molar-refractivity contribution in [3.63, 3.8) is 0 Å². The highest BCUT2D eigenvalue weighted by Gasteiger charge is 2.21. The molecule has 0 radical (unpaired) electrons. The van der Waals surface area contributed by atoms with Crippen LogP contribution in [0.25, 0.3) is 0 Å². The van der Waals surface area contributed by atoms with Crippen LogP contribution < -0.4 is 5.32 Å². The van der Waals surface area contributed by atoms with Gasteiger partial charge < -0.3 is 20.2 Å². The molecule has 1 heterocycles. The maximum absolute atomic E-state index is 12.3. The normalized spacial score (nSPS) is 16.6. The standard InChI is InChI=1S/C17H25N3O3S/c1-19-9-11-20(12-10-19)16(21)8-7-14(18-17(22)23)13-24-15-5-3-2-4-6-15/h2-6,14,18H,7-13H2,1H3,(H,22,23). The summed E-state index contributed by atoms with van der Waals surface area (Å²) in [6.07, 6.45) is -0.137. The van der Waals surface area contributed by atoms with Gasteiger partial charge in [-0.15, -0.1) is 11.8 Å². The molecule has 1 aliphatic rings. The molecule has 2 rings (SSSR count). The van der Waals surface area contributed by atoms with E-state index in [1.54, 1.807) is 11.8 Å². The molecule has 0 saturated carbocycles. The molecule has 1 aromatic carbocycles. The first-order valence-electron chi connectivity index (χ1n) is 8.18. The van der Waals surface area contributed by atoms with Crippen LogP contribution in [0.1, 0.15) is 12.8 Å². The lowest BCUT2D eigenvalue weighted by atomic mass is 10.1. The number of thioether (sulfide) groups is 1. The van der Waals surface area contributed by atoms with Gasteiger partial charge >= 0.3 is 6.09 Å². The second kappa shape index (κ2) is 9.54. The van der Waals surface area contributed by atoms with Gasteiger partial charge in [0, 0.05) is 49.3 Å². The minimum Gasteiger partial charge on any atom is -0.465 e. The summed E-state index contributed by atoms with van der Waals surface area (Å²) >= 11 is 1.60. The number of hydrogen-bond acceptors (Lipinski definition) is 4. The lowest BCUT2D eigenvalue weighted by Crippen LogP contribution is -2.47. The molecule has 0 spiro atoms. The molecule has 0 aromatic heterocycles. The first-order chi connectivity index (χ1) is 11.5. The predicted octanol–water partition coefficient (Wildman–Crippen LogP) is 1.97. The molecule has 6 nitrogen and oxygen atoms in total. The summed E-state index contributed by atoms with van der Waals surface area (Å²) in [4.78, 5) is 28.5. The van der Waals surface area contributed by atoms with Gasteiger partial charge in [-0.1, -0.05) is 18.2 Å². The number of benzene rings is 1. The zero-order chi connectivity index (χ0) is 17.4. The van der Waals surface area contributed by atoms with Crippen LogP contribution in [0, 0.1) is 0 Å². The summed E-state index contributed by atoms with van der Waals surface area (Å²) in [5, 5.41) is 11.5. The van der Waals surface area contributed by atoms with Crippen LogP contribution in [-0.4, -0.2) is 71.9 Å². The molecule has 1 unspecified atom stereocenters. The molecule has 0 aliphatic carbocycles. The highest BCUT2D eigenvalue weighted by molar-refractivity contribution is 7.99. The van der Waals surface area contributed by atoms with E-state index in [9.17, 15) is 9.59 Å². The summed E-state index contributed by atoms with van der Waals surface area (Å²) in [6, 6.07) is 9.63. The lowest BCUT2D eigenvalue weighted by Gasteiger charge is -2.32. The van der Waals surface area contributed by atoms with Gasteiger partial charge in [0.05, 0.1) is 0 Å². The third-order valence-corrected chi connectivity index (χ3v) is 5.26. The number of nitrogens with zero attached hydrogens (tertiary/aromatic N) is 2. The van der Waals surface area contributed by atoms with Crippen LogP contribution in [0.3, 0.4) is 0 Å². The van der Waals surface area contributed by atoms with Crippen molar-refractivity contribution < 1.29 is 14.7 Å². The Morgan fingerprint density at radius 1 is 1.21 bits per heavy atom. The lowest BCUT2D eigenvalue weighted by molar-refractivity contribution is -0.132. The zero-order valence-electron chi connectivity index (χ0n) is 14.0. The second-order valence-electron chi connectivity index (χ2n) is 5.99. The molecule has 24 heavy (non-hydrogen) atoms. The maximum Gasteiger partial charge on any atom is 0.404 e. The van der Waals surface area contributed by atoms with E-state index in [4.69, 9.17) is 5.11 Å². The SMILES string of the molecule is CN1CCN(C(=O)CCC(CSc2ccccc2)NC(=O)O)CC1. The van der Waals surface area contributed by atoms with Crippen molar-refractivity contribution in [1.82, 2.24) is 15.1 Å². The third kappa shape index (κ3) is 6.41. The number of amides is 2. The van der Waals surface area contributed by atoms with Gasteiger partial charge in [-0.05, 0) is 25.6 Å². The van der Waals surface area contributed by atoms with Gasteiger partial charge in [0.15, 0.2) is 0 Å². The summed E-state index contributed by atoms with van der Waals surface area (Å²) in [6.45, 7) is 3.30. The van der Waals surface area contributed by atoms with Crippen molar-refractivity contribution in [2.75, 3.05) is 39.0 Å². The van der Waals surface area contributed by atoms with Crippen molar-refractivity contribution in [2.45, 2.75) is 23.8 Å². The highest BCUT2D eigenvalue weighted by Crippen LogP contribution is 2.19. The predicted molar refractivity (Wildman–Crippen MR) is 95.4 cm³/mol. The van der Waals surface area contributed by atoms with Gasteiger partial charge in [0.2, 0.25) is 5.91 Å². The Labute approximate surface area is 147 Å². The van der Waals surface area contributed by atoms with Crippen molar-refractivity contribution in [1.29, 1.82) is 0 Å². The first kappa shape index (κ1) is 18.6. The summed E-state index contributed by atoms with van der Waals surface area (Å²) in [5.74, 6) is 0.733. The number of likely N-dealkylation sites (N-methyl/N-ethyl adjacent to an activating group) is 1. The van der Waals surface area contributed by atoms with E-state index in [0.717, 1.165) is 31.1 Å². The zero-order valence-corrected chi connectivity index (χ0v) is 14.8. The van der Waals surface area contributed by atoms with E-state index >= 15 is 0 Å². The number of nitrogens with one attached hydrogen (secondary N) is 1. The average molecular weight is 351 g/mol. The molecule has 1 fully saturated rings. The summed E-state index contributed by atoms with van der Waals surface area (Å²) in [5.41, 5.74) is 0. The van der Waals surface area contributed by atoms with E-state index in [0.29, 0.717) is 18.6 Å². The van der Waals surface area contributed by atoms with Crippen LogP contribution in [0.15, 0.2) is 35.2 Å². The smallest absolute Gasteiger partial charge is 0.404 e. The molecule has 7 heteroatoms. The monoisotopic (exact) mass is 351 g/mol. The Morgan fingerprint density at radius 3 is 2.50 bits per heavy atom. The topological polar surface area (TPSA) is 72.9 Å². The van der Waals surface area contributed by atoms with E-state index in [2.05, 4.69) is 17.3 Å². The third-order valence-electron chi connectivity index (χ3n) is 4.08. The largest absolute Gasteiger partial charge is 0.465 e. The average Bonchev–Trinajstić information content (AvgIpc) is 2.58. The van der Waals surface area contributed by atoms with Crippen LogP contribution in [0.4, 0.5) is 4.79 Å². The summed E-state index contributed by atoms with van der Waals surface area (Å²) < 4.78 is 0. The number of carbonyl (C=O) groups is 2. The molecular formula is C17H25N3O3S. The van der Waals surface area contributed by atoms with Crippen LogP contribution in [0.5, 0.6) is 0 Å².